The third-order valence-corrected chi connectivity index (χ3v) is 3.03. The van der Waals surface area contributed by atoms with E-state index in [1.54, 1.807) is 11.9 Å². The topological polar surface area (TPSA) is 76.1 Å². The number of aromatic carboxylic acids is 1. The predicted octanol–water partition coefficient (Wildman–Crippen LogP) is 2.03. The SMILES string of the molecule is CCCCN(C)C(=O)COc1ccc(C(=O)O)cc1OC. The van der Waals surface area contributed by atoms with Gasteiger partial charge in [0.15, 0.2) is 18.1 Å². The van der Waals surface area contributed by atoms with Crippen molar-refractivity contribution in [2.24, 2.45) is 0 Å². The minimum atomic E-state index is -1.05. The van der Waals surface area contributed by atoms with E-state index in [4.69, 9.17) is 14.6 Å². The molecule has 0 unspecified atom stereocenters. The summed E-state index contributed by atoms with van der Waals surface area (Å²) in [4.78, 5) is 24.4. The summed E-state index contributed by atoms with van der Waals surface area (Å²) in [5, 5.41) is 8.91. The Kier molecular flexibility index (Phi) is 6.52. The van der Waals surface area contributed by atoms with E-state index in [0.29, 0.717) is 18.0 Å². The number of nitrogens with zero attached hydrogens (tertiary/aromatic N) is 1. The smallest absolute Gasteiger partial charge is 0.335 e. The van der Waals surface area contributed by atoms with Gasteiger partial charge in [0.1, 0.15) is 0 Å². The fourth-order valence-electron chi connectivity index (χ4n) is 1.69. The van der Waals surface area contributed by atoms with Gasteiger partial charge in [0.25, 0.3) is 5.91 Å². The molecule has 116 valence electrons. The number of likely N-dealkylation sites (N-methyl/N-ethyl adjacent to an activating group) is 1. The van der Waals surface area contributed by atoms with Crippen molar-refractivity contribution in [3.05, 3.63) is 23.8 Å². The van der Waals surface area contributed by atoms with Gasteiger partial charge in [-0.2, -0.15) is 0 Å². The fourth-order valence-corrected chi connectivity index (χ4v) is 1.69. The largest absolute Gasteiger partial charge is 0.493 e. The molecular weight excluding hydrogens is 274 g/mol. The molecule has 0 saturated heterocycles. The fraction of sp³-hybridized carbons (Fsp3) is 0.467. The number of carbonyl (C=O) groups is 2. The van der Waals surface area contributed by atoms with Gasteiger partial charge >= 0.3 is 5.97 Å². The summed E-state index contributed by atoms with van der Waals surface area (Å²) >= 11 is 0. The second-order valence-electron chi connectivity index (χ2n) is 4.63. The van der Waals surface area contributed by atoms with Gasteiger partial charge in [-0.1, -0.05) is 13.3 Å². The van der Waals surface area contributed by atoms with E-state index in [1.807, 2.05) is 0 Å². The molecule has 0 atom stereocenters. The zero-order chi connectivity index (χ0) is 15.8. The van der Waals surface area contributed by atoms with E-state index in [1.165, 1.54) is 25.3 Å². The summed E-state index contributed by atoms with van der Waals surface area (Å²) < 4.78 is 10.5. The van der Waals surface area contributed by atoms with Crippen LogP contribution in [-0.4, -0.2) is 49.2 Å². The summed E-state index contributed by atoms with van der Waals surface area (Å²) in [5.41, 5.74) is 0.102. The summed E-state index contributed by atoms with van der Waals surface area (Å²) in [6.07, 6.45) is 1.96. The van der Waals surface area contributed by atoms with Crippen LogP contribution in [0.4, 0.5) is 0 Å². The highest BCUT2D eigenvalue weighted by molar-refractivity contribution is 5.88. The van der Waals surface area contributed by atoms with E-state index in [2.05, 4.69) is 6.92 Å². The van der Waals surface area contributed by atoms with Gasteiger partial charge in [0.05, 0.1) is 12.7 Å². The van der Waals surface area contributed by atoms with Crippen LogP contribution in [0.5, 0.6) is 11.5 Å². The van der Waals surface area contributed by atoms with E-state index < -0.39 is 5.97 Å². The number of rotatable bonds is 8. The summed E-state index contributed by atoms with van der Waals surface area (Å²) in [6, 6.07) is 4.26. The van der Waals surface area contributed by atoms with Crippen molar-refractivity contribution in [1.82, 2.24) is 4.90 Å². The molecule has 1 aromatic rings. The Morgan fingerprint density at radius 1 is 1.29 bits per heavy atom. The molecule has 6 heteroatoms. The first-order valence-electron chi connectivity index (χ1n) is 6.77. The maximum atomic E-state index is 11.9. The van der Waals surface area contributed by atoms with Gasteiger partial charge in [-0.3, -0.25) is 4.79 Å². The molecular formula is C15H21NO5. The number of ether oxygens (including phenoxy) is 2. The molecule has 0 heterocycles. The Hall–Kier alpha value is -2.24. The van der Waals surface area contributed by atoms with Crippen LogP contribution < -0.4 is 9.47 Å². The number of benzene rings is 1. The van der Waals surface area contributed by atoms with Crippen molar-refractivity contribution in [3.8, 4) is 11.5 Å². The van der Waals surface area contributed by atoms with Crippen LogP contribution in [0.25, 0.3) is 0 Å². The van der Waals surface area contributed by atoms with Crippen LogP contribution in [0.15, 0.2) is 18.2 Å². The van der Waals surface area contributed by atoms with Crippen molar-refractivity contribution in [1.29, 1.82) is 0 Å². The molecule has 0 aliphatic heterocycles. The van der Waals surface area contributed by atoms with Crippen LogP contribution in [0.3, 0.4) is 0 Å². The lowest BCUT2D eigenvalue weighted by atomic mass is 10.2. The second-order valence-corrected chi connectivity index (χ2v) is 4.63. The van der Waals surface area contributed by atoms with Gasteiger partial charge in [0.2, 0.25) is 0 Å². The zero-order valence-corrected chi connectivity index (χ0v) is 12.6. The lowest BCUT2D eigenvalue weighted by molar-refractivity contribution is -0.132. The van der Waals surface area contributed by atoms with Crippen molar-refractivity contribution >= 4 is 11.9 Å². The number of hydrogen-bond acceptors (Lipinski definition) is 4. The molecule has 1 amide bonds. The quantitative estimate of drug-likeness (QED) is 0.794. The van der Waals surface area contributed by atoms with Gasteiger partial charge in [-0.25, -0.2) is 4.79 Å². The summed E-state index contributed by atoms with van der Waals surface area (Å²) in [6.45, 7) is 2.64. The average molecular weight is 295 g/mol. The van der Waals surface area contributed by atoms with Crippen molar-refractivity contribution in [2.45, 2.75) is 19.8 Å². The maximum Gasteiger partial charge on any atom is 0.335 e. The minimum Gasteiger partial charge on any atom is -0.493 e. The second kappa shape index (κ2) is 8.14. The van der Waals surface area contributed by atoms with E-state index in [-0.39, 0.29) is 18.1 Å². The van der Waals surface area contributed by atoms with Crippen LogP contribution in [0.1, 0.15) is 30.1 Å². The molecule has 21 heavy (non-hydrogen) atoms. The molecule has 0 fully saturated rings. The van der Waals surface area contributed by atoms with E-state index in [9.17, 15) is 9.59 Å². The lowest BCUT2D eigenvalue weighted by Gasteiger charge is -2.17. The Labute approximate surface area is 124 Å². The standard InChI is InChI=1S/C15H21NO5/c1-4-5-8-16(2)14(17)10-21-12-7-6-11(15(18)19)9-13(12)20-3/h6-7,9H,4-5,8,10H2,1-3H3,(H,18,19). The number of carboxylic acids is 1. The van der Waals surface area contributed by atoms with Crippen LogP contribution in [0, 0.1) is 0 Å². The molecule has 0 bridgehead atoms. The number of amides is 1. The van der Waals surface area contributed by atoms with Crippen LogP contribution >= 0.6 is 0 Å². The minimum absolute atomic E-state index is 0.102. The third kappa shape index (κ3) is 4.98. The van der Waals surface area contributed by atoms with Crippen molar-refractivity contribution in [2.75, 3.05) is 27.3 Å². The molecule has 0 aromatic heterocycles. The number of hydrogen-bond donors (Lipinski definition) is 1. The molecule has 1 N–H and O–H groups in total. The Balaban J connectivity index is 2.66. The van der Waals surface area contributed by atoms with Gasteiger partial charge in [-0.05, 0) is 24.6 Å². The lowest BCUT2D eigenvalue weighted by Crippen LogP contribution is -2.32. The molecule has 0 aliphatic rings. The molecule has 1 rings (SSSR count). The number of methoxy groups -OCH3 is 1. The zero-order valence-electron chi connectivity index (χ0n) is 12.6. The van der Waals surface area contributed by atoms with Gasteiger partial charge in [0, 0.05) is 13.6 Å². The molecule has 0 radical (unpaired) electrons. The van der Waals surface area contributed by atoms with Crippen molar-refractivity contribution in [3.63, 3.8) is 0 Å². The Morgan fingerprint density at radius 3 is 2.57 bits per heavy atom. The molecule has 0 spiro atoms. The van der Waals surface area contributed by atoms with E-state index >= 15 is 0 Å². The van der Waals surface area contributed by atoms with Crippen molar-refractivity contribution < 1.29 is 24.2 Å². The molecule has 0 saturated carbocycles. The molecule has 1 aromatic carbocycles. The average Bonchev–Trinajstić information content (AvgIpc) is 2.49. The van der Waals surface area contributed by atoms with Gasteiger partial charge in [-0.15, -0.1) is 0 Å². The maximum absolute atomic E-state index is 11.9. The predicted molar refractivity (Wildman–Crippen MR) is 78.0 cm³/mol. The summed E-state index contributed by atoms with van der Waals surface area (Å²) in [5.74, 6) is -0.540. The molecule has 6 nitrogen and oxygen atoms in total. The third-order valence-electron chi connectivity index (χ3n) is 3.03. The molecule has 0 aliphatic carbocycles. The first kappa shape index (κ1) is 16.8. The van der Waals surface area contributed by atoms with Crippen LogP contribution in [0.2, 0.25) is 0 Å². The van der Waals surface area contributed by atoms with Crippen LogP contribution in [-0.2, 0) is 4.79 Å². The highest BCUT2D eigenvalue weighted by Crippen LogP contribution is 2.28. The highest BCUT2D eigenvalue weighted by atomic mass is 16.5. The Morgan fingerprint density at radius 2 is 2.00 bits per heavy atom. The van der Waals surface area contributed by atoms with E-state index in [0.717, 1.165) is 12.8 Å². The normalized spacial score (nSPS) is 10.0. The number of carbonyl (C=O) groups excluding carboxylic acids is 1. The van der Waals surface area contributed by atoms with Gasteiger partial charge < -0.3 is 19.5 Å². The monoisotopic (exact) mass is 295 g/mol. The highest BCUT2D eigenvalue weighted by Gasteiger charge is 2.13. The Bertz CT molecular complexity index is 501. The summed E-state index contributed by atoms with van der Waals surface area (Å²) in [7, 11) is 3.15. The number of carboxylic acid groups (broad SMARTS) is 1. The first-order valence-corrected chi connectivity index (χ1v) is 6.77. The first-order chi connectivity index (χ1) is 9.99. The number of unbranched alkanes of at least 4 members (excludes halogenated alkanes) is 1.